The molecule has 0 radical (unpaired) electrons. The number of hydrogen-bond acceptors (Lipinski definition) is 2. The minimum Gasteiger partial charge on any atom is -0.491 e. The summed E-state index contributed by atoms with van der Waals surface area (Å²) in [6, 6.07) is 0. The summed E-state index contributed by atoms with van der Waals surface area (Å²) in [6.07, 6.45) is 0. The summed E-state index contributed by atoms with van der Waals surface area (Å²) >= 11 is 2.51. The minimum absolute atomic E-state index is 0.689. The highest BCUT2D eigenvalue weighted by Crippen LogP contribution is 2.33. The maximum Gasteiger partial charge on any atom is 0.340 e. The lowest BCUT2D eigenvalue weighted by molar-refractivity contribution is 0.0688. The Morgan fingerprint density at radius 1 is 1.27 bits per heavy atom. The van der Waals surface area contributed by atoms with Crippen LogP contribution in [0.15, 0.2) is 4.47 Å². The number of benzene rings is 1. The first-order valence-corrected chi connectivity index (χ1v) is 4.34. The molecule has 0 fully saturated rings. The van der Waals surface area contributed by atoms with E-state index >= 15 is 0 Å². The topological polar surface area (TPSA) is 46.5 Å². The lowest BCUT2D eigenvalue weighted by atomic mass is 10.2. The summed E-state index contributed by atoms with van der Waals surface area (Å²) in [6.45, 7) is 0. The first-order valence-electron chi connectivity index (χ1n) is 3.55. The molecule has 0 saturated heterocycles. The van der Waals surface area contributed by atoms with Gasteiger partial charge in [0.1, 0.15) is 5.56 Å². The van der Waals surface area contributed by atoms with Crippen molar-refractivity contribution in [3.8, 4) is 5.75 Å². The van der Waals surface area contributed by atoms with Crippen molar-refractivity contribution in [3.05, 3.63) is 27.5 Å². The lowest BCUT2D eigenvalue weighted by Crippen LogP contribution is -2.08. The van der Waals surface area contributed by atoms with Crippen molar-refractivity contribution >= 4 is 21.9 Å². The van der Waals surface area contributed by atoms with Gasteiger partial charge in [0.25, 0.3) is 0 Å². The van der Waals surface area contributed by atoms with Gasteiger partial charge in [-0.15, -0.1) is 0 Å². The van der Waals surface area contributed by atoms with E-state index in [1.807, 2.05) is 0 Å². The third-order valence-electron chi connectivity index (χ3n) is 1.64. The van der Waals surface area contributed by atoms with E-state index in [1.165, 1.54) is 0 Å². The van der Waals surface area contributed by atoms with Crippen molar-refractivity contribution in [1.29, 1.82) is 0 Å². The fourth-order valence-corrected chi connectivity index (χ4v) is 1.50. The molecule has 3 nitrogen and oxygen atoms in total. The van der Waals surface area contributed by atoms with Crippen LogP contribution in [-0.4, -0.2) is 18.2 Å². The van der Waals surface area contributed by atoms with E-state index < -0.39 is 39.2 Å². The molecule has 0 aliphatic heterocycles. The Morgan fingerprint density at radius 2 is 1.80 bits per heavy atom. The highest BCUT2D eigenvalue weighted by molar-refractivity contribution is 9.10. The van der Waals surface area contributed by atoms with E-state index in [2.05, 4.69) is 20.7 Å². The Labute approximate surface area is 90.6 Å². The molecule has 0 heterocycles. The van der Waals surface area contributed by atoms with Crippen LogP contribution in [0.4, 0.5) is 13.2 Å². The zero-order chi connectivity index (χ0) is 11.7. The zero-order valence-corrected chi connectivity index (χ0v) is 8.86. The molecule has 0 aliphatic rings. The average molecular weight is 285 g/mol. The summed E-state index contributed by atoms with van der Waals surface area (Å²) in [5, 5.41) is 8.51. The Bertz CT molecular complexity index is 405. The van der Waals surface area contributed by atoms with Gasteiger partial charge in [-0.1, -0.05) is 0 Å². The molecule has 1 rings (SSSR count). The van der Waals surface area contributed by atoms with Crippen molar-refractivity contribution in [1.82, 2.24) is 0 Å². The molecular weight excluding hydrogens is 281 g/mol. The fraction of sp³-hybridized carbons (Fsp3) is 0.125. The van der Waals surface area contributed by atoms with Gasteiger partial charge >= 0.3 is 5.97 Å². The highest BCUT2D eigenvalue weighted by atomic mass is 79.9. The van der Waals surface area contributed by atoms with Crippen LogP contribution in [0.5, 0.6) is 5.75 Å². The van der Waals surface area contributed by atoms with E-state index in [-0.39, 0.29) is 0 Å². The molecule has 0 saturated carbocycles. The van der Waals surface area contributed by atoms with Crippen LogP contribution >= 0.6 is 15.9 Å². The first-order chi connectivity index (χ1) is 6.91. The number of carboxylic acid groups (broad SMARTS) is 1. The van der Waals surface area contributed by atoms with Crippen molar-refractivity contribution in [2.45, 2.75) is 0 Å². The molecule has 0 atom stereocenters. The number of carboxylic acids is 1. The van der Waals surface area contributed by atoms with Gasteiger partial charge in [0.15, 0.2) is 17.4 Å². The summed E-state index contributed by atoms with van der Waals surface area (Å²) in [5.41, 5.74) is -1.11. The van der Waals surface area contributed by atoms with E-state index in [4.69, 9.17) is 5.11 Å². The summed E-state index contributed by atoms with van der Waals surface area (Å²) < 4.78 is 42.9. The van der Waals surface area contributed by atoms with Gasteiger partial charge in [-0.3, -0.25) is 0 Å². The van der Waals surface area contributed by atoms with E-state index in [9.17, 15) is 18.0 Å². The van der Waals surface area contributed by atoms with Crippen molar-refractivity contribution in [2.24, 2.45) is 0 Å². The number of halogens is 4. The Balaban J connectivity index is 3.66. The van der Waals surface area contributed by atoms with E-state index in [0.29, 0.717) is 0 Å². The molecule has 82 valence electrons. The van der Waals surface area contributed by atoms with Crippen LogP contribution in [0.2, 0.25) is 0 Å². The zero-order valence-electron chi connectivity index (χ0n) is 7.28. The normalized spacial score (nSPS) is 10.2. The van der Waals surface area contributed by atoms with Crippen molar-refractivity contribution in [3.63, 3.8) is 0 Å². The molecule has 7 heteroatoms. The lowest BCUT2D eigenvalue weighted by Gasteiger charge is -2.08. The largest absolute Gasteiger partial charge is 0.491 e. The van der Waals surface area contributed by atoms with Crippen LogP contribution in [0, 0.1) is 17.5 Å². The number of rotatable bonds is 2. The van der Waals surface area contributed by atoms with Gasteiger partial charge in [0.05, 0.1) is 11.6 Å². The third-order valence-corrected chi connectivity index (χ3v) is 2.39. The number of hydrogen-bond donors (Lipinski definition) is 1. The molecule has 0 aromatic heterocycles. The maximum absolute atomic E-state index is 13.2. The van der Waals surface area contributed by atoms with Crippen molar-refractivity contribution in [2.75, 3.05) is 7.11 Å². The molecular formula is C8H4BrF3O3. The van der Waals surface area contributed by atoms with Gasteiger partial charge in [-0.2, -0.15) is 4.39 Å². The molecule has 1 aromatic rings. The van der Waals surface area contributed by atoms with Gasteiger partial charge in [-0.05, 0) is 15.9 Å². The van der Waals surface area contributed by atoms with Crippen molar-refractivity contribution < 1.29 is 27.8 Å². The minimum atomic E-state index is -1.78. The second-order valence-corrected chi connectivity index (χ2v) is 3.26. The van der Waals surface area contributed by atoms with E-state index in [1.54, 1.807) is 0 Å². The monoisotopic (exact) mass is 284 g/mol. The van der Waals surface area contributed by atoms with Gasteiger partial charge in [0.2, 0.25) is 5.82 Å². The second-order valence-electron chi connectivity index (χ2n) is 2.47. The second kappa shape index (κ2) is 4.09. The molecule has 1 aromatic carbocycles. The van der Waals surface area contributed by atoms with Crippen LogP contribution < -0.4 is 4.74 Å². The standard InChI is InChI=1S/C8H4BrF3O3/c1-15-7-5(11)3(9)2(8(13)14)4(10)6(7)12/h1H3,(H,13,14). The van der Waals surface area contributed by atoms with Gasteiger partial charge in [0, 0.05) is 0 Å². The molecule has 0 bridgehead atoms. The van der Waals surface area contributed by atoms with Gasteiger partial charge in [-0.25, -0.2) is 13.6 Å². The maximum atomic E-state index is 13.2. The Kier molecular flexibility index (Phi) is 3.23. The number of aromatic carboxylic acids is 1. The average Bonchev–Trinajstić information content (AvgIpc) is 2.16. The molecule has 0 amide bonds. The van der Waals surface area contributed by atoms with Crippen LogP contribution in [0.1, 0.15) is 10.4 Å². The third kappa shape index (κ3) is 1.79. The molecule has 15 heavy (non-hydrogen) atoms. The smallest absolute Gasteiger partial charge is 0.340 e. The van der Waals surface area contributed by atoms with Crippen LogP contribution in [-0.2, 0) is 0 Å². The van der Waals surface area contributed by atoms with Crippen LogP contribution in [0.25, 0.3) is 0 Å². The molecule has 0 aliphatic carbocycles. The fourth-order valence-electron chi connectivity index (χ4n) is 0.979. The summed E-state index contributed by atoms with van der Waals surface area (Å²) in [7, 11) is 0.938. The molecule has 0 spiro atoms. The Hall–Kier alpha value is -1.24. The first kappa shape index (κ1) is 11.8. The SMILES string of the molecule is COc1c(F)c(F)c(C(=O)O)c(Br)c1F. The predicted octanol–water partition coefficient (Wildman–Crippen LogP) is 2.57. The van der Waals surface area contributed by atoms with E-state index in [0.717, 1.165) is 7.11 Å². The quantitative estimate of drug-likeness (QED) is 0.849. The number of carbonyl (C=O) groups is 1. The number of methoxy groups -OCH3 is 1. The summed E-state index contributed by atoms with van der Waals surface area (Å²) in [4.78, 5) is 10.5. The van der Waals surface area contributed by atoms with Gasteiger partial charge < -0.3 is 9.84 Å². The Morgan fingerprint density at radius 3 is 2.20 bits per heavy atom. The highest BCUT2D eigenvalue weighted by Gasteiger charge is 2.28. The summed E-state index contributed by atoms with van der Waals surface area (Å²) in [5.74, 6) is -7.39. The van der Waals surface area contributed by atoms with Crippen LogP contribution in [0.3, 0.4) is 0 Å². The molecule has 0 unspecified atom stereocenters. The number of ether oxygens (including phenoxy) is 1. The molecule has 1 N–H and O–H groups in total. The predicted molar refractivity (Wildman–Crippen MR) is 47.5 cm³/mol.